The maximum Gasteiger partial charge on any atom is 0.216 e. The number of rotatable bonds is 4. The molecule has 0 unspecified atom stereocenters. The molecule has 0 saturated carbocycles. The van der Waals surface area contributed by atoms with Gasteiger partial charge in [-0.15, -0.1) is 0 Å². The average molecular weight is 224 g/mol. The molecule has 5 N–H and O–H groups in total. The summed E-state index contributed by atoms with van der Waals surface area (Å²) in [5, 5.41) is 2.53. The zero-order chi connectivity index (χ0) is 12.2. The first-order valence-corrected chi connectivity index (χ1v) is 5.25. The van der Waals surface area contributed by atoms with Gasteiger partial charge in [-0.2, -0.15) is 0 Å². The van der Waals surface area contributed by atoms with Gasteiger partial charge in [0.15, 0.2) is 0 Å². The maximum absolute atomic E-state index is 10.0. The molecule has 0 bridgehead atoms. The van der Waals surface area contributed by atoms with E-state index in [1.807, 2.05) is 18.2 Å². The van der Waals surface area contributed by atoms with Gasteiger partial charge < -0.3 is 16.8 Å². The summed E-state index contributed by atoms with van der Waals surface area (Å²) in [6.45, 7) is 3.24. The molecule has 0 aliphatic carbocycles. The number of carbonyl (C=O) groups is 1. The Morgan fingerprint density at radius 1 is 1.38 bits per heavy atom. The van der Waals surface area contributed by atoms with E-state index < -0.39 is 0 Å². The third-order valence-corrected chi connectivity index (χ3v) is 1.64. The minimum absolute atomic E-state index is 0.0227. The first kappa shape index (κ1) is 14.5. The van der Waals surface area contributed by atoms with Crippen LogP contribution in [0.3, 0.4) is 0 Å². The van der Waals surface area contributed by atoms with Crippen LogP contribution < -0.4 is 16.8 Å². The fraction of sp³-hybridized carbons (Fsp3) is 0.455. The lowest BCUT2D eigenvalue weighted by Crippen LogP contribution is -2.26. The van der Waals surface area contributed by atoms with Crippen molar-refractivity contribution in [3.05, 3.63) is 30.1 Å². The van der Waals surface area contributed by atoms with Crippen molar-refractivity contribution in [1.29, 1.82) is 0 Å². The van der Waals surface area contributed by atoms with E-state index in [0.717, 1.165) is 12.1 Å². The number of nitrogens with two attached hydrogens (primary N) is 2. The van der Waals surface area contributed by atoms with Crippen LogP contribution in [0.2, 0.25) is 0 Å². The number of hydrogen-bond donors (Lipinski definition) is 3. The van der Waals surface area contributed by atoms with Crippen molar-refractivity contribution in [3.63, 3.8) is 0 Å². The Morgan fingerprint density at radius 2 is 2.12 bits per heavy atom. The van der Waals surface area contributed by atoms with Crippen molar-refractivity contribution >= 4 is 5.91 Å². The number of aromatic nitrogens is 1. The molecule has 0 spiro atoms. The summed E-state index contributed by atoms with van der Waals surface area (Å²) < 4.78 is 0. The SMILES string of the molecule is CC(=O)NCCN.NCCc1ccccn1. The summed E-state index contributed by atoms with van der Waals surface area (Å²) >= 11 is 0. The van der Waals surface area contributed by atoms with Crippen molar-refractivity contribution in [2.75, 3.05) is 19.6 Å². The van der Waals surface area contributed by atoms with Crippen LogP contribution in [-0.2, 0) is 11.2 Å². The molecule has 90 valence electrons. The lowest BCUT2D eigenvalue weighted by molar-refractivity contribution is -0.118. The zero-order valence-electron chi connectivity index (χ0n) is 9.65. The Morgan fingerprint density at radius 3 is 2.50 bits per heavy atom. The van der Waals surface area contributed by atoms with Crippen LogP contribution in [0.1, 0.15) is 12.6 Å². The Hall–Kier alpha value is -1.46. The molecule has 0 aliphatic rings. The van der Waals surface area contributed by atoms with E-state index >= 15 is 0 Å². The predicted molar refractivity (Wildman–Crippen MR) is 64.7 cm³/mol. The highest BCUT2D eigenvalue weighted by atomic mass is 16.1. The van der Waals surface area contributed by atoms with Gasteiger partial charge in [0, 0.05) is 38.3 Å². The average Bonchev–Trinajstić information content (AvgIpc) is 2.29. The highest BCUT2D eigenvalue weighted by Gasteiger charge is 1.86. The number of amides is 1. The lowest BCUT2D eigenvalue weighted by Gasteiger charge is -1.93. The molecule has 0 atom stereocenters. The van der Waals surface area contributed by atoms with Gasteiger partial charge in [0.25, 0.3) is 0 Å². The standard InChI is InChI=1S/C7H10N2.C4H10N2O/c8-5-4-7-3-1-2-6-9-7;1-4(7)6-3-2-5/h1-3,6H,4-5,8H2;2-3,5H2,1H3,(H,6,7). The first-order valence-electron chi connectivity index (χ1n) is 5.25. The summed E-state index contributed by atoms with van der Waals surface area (Å²) in [6, 6.07) is 5.85. The third-order valence-electron chi connectivity index (χ3n) is 1.64. The zero-order valence-corrected chi connectivity index (χ0v) is 9.65. The van der Waals surface area contributed by atoms with Crippen molar-refractivity contribution in [1.82, 2.24) is 10.3 Å². The fourth-order valence-corrected chi connectivity index (χ4v) is 0.942. The molecule has 0 radical (unpaired) electrons. The molecule has 0 saturated heterocycles. The summed E-state index contributed by atoms with van der Waals surface area (Å²) in [6.07, 6.45) is 2.66. The highest BCUT2D eigenvalue weighted by molar-refractivity contribution is 5.72. The van der Waals surface area contributed by atoms with Crippen LogP contribution in [0.25, 0.3) is 0 Å². The molecule has 1 heterocycles. The van der Waals surface area contributed by atoms with Gasteiger partial charge in [-0.3, -0.25) is 9.78 Å². The van der Waals surface area contributed by atoms with E-state index in [1.54, 1.807) is 6.20 Å². The summed E-state index contributed by atoms with van der Waals surface area (Å²) in [5.41, 5.74) is 11.5. The van der Waals surface area contributed by atoms with E-state index in [2.05, 4.69) is 10.3 Å². The maximum atomic E-state index is 10.0. The largest absolute Gasteiger partial charge is 0.355 e. The van der Waals surface area contributed by atoms with Gasteiger partial charge in [-0.25, -0.2) is 0 Å². The second-order valence-corrected chi connectivity index (χ2v) is 3.13. The Bertz CT molecular complexity index is 277. The van der Waals surface area contributed by atoms with Gasteiger partial charge in [0.05, 0.1) is 0 Å². The predicted octanol–water partition coefficient (Wildman–Crippen LogP) is -0.336. The number of hydrogen-bond acceptors (Lipinski definition) is 4. The molecule has 0 aliphatic heterocycles. The van der Waals surface area contributed by atoms with Gasteiger partial charge in [-0.1, -0.05) is 6.07 Å². The first-order chi connectivity index (χ1) is 7.70. The van der Waals surface area contributed by atoms with Crippen molar-refractivity contribution in [2.45, 2.75) is 13.3 Å². The lowest BCUT2D eigenvalue weighted by atomic mass is 10.3. The minimum atomic E-state index is -0.0227. The van der Waals surface area contributed by atoms with Crippen molar-refractivity contribution in [2.24, 2.45) is 11.5 Å². The molecular weight excluding hydrogens is 204 g/mol. The molecule has 0 aromatic carbocycles. The van der Waals surface area contributed by atoms with Crippen LogP contribution >= 0.6 is 0 Å². The number of pyridine rings is 1. The second kappa shape index (κ2) is 10.1. The van der Waals surface area contributed by atoms with E-state index in [1.165, 1.54) is 6.92 Å². The second-order valence-electron chi connectivity index (χ2n) is 3.13. The summed E-state index contributed by atoms with van der Waals surface area (Å²) in [4.78, 5) is 14.1. The van der Waals surface area contributed by atoms with Crippen LogP contribution in [0, 0.1) is 0 Å². The van der Waals surface area contributed by atoms with E-state index in [9.17, 15) is 4.79 Å². The number of nitrogens with zero attached hydrogens (tertiary/aromatic N) is 1. The Labute approximate surface area is 96.2 Å². The quantitative estimate of drug-likeness (QED) is 0.652. The van der Waals surface area contributed by atoms with Crippen LogP contribution in [0.4, 0.5) is 0 Å². The summed E-state index contributed by atoms with van der Waals surface area (Å²) in [7, 11) is 0. The molecule has 0 fully saturated rings. The van der Waals surface area contributed by atoms with Crippen LogP contribution in [-0.4, -0.2) is 30.5 Å². The summed E-state index contributed by atoms with van der Waals surface area (Å²) in [5.74, 6) is -0.0227. The molecule has 1 aromatic heterocycles. The fourth-order valence-electron chi connectivity index (χ4n) is 0.942. The highest BCUT2D eigenvalue weighted by Crippen LogP contribution is 1.91. The third kappa shape index (κ3) is 9.11. The van der Waals surface area contributed by atoms with Gasteiger partial charge in [0.2, 0.25) is 5.91 Å². The Balaban J connectivity index is 0.000000293. The molecule has 1 amide bonds. The normalized spacial score (nSPS) is 8.94. The van der Waals surface area contributed by atoms with Gasteiger partial charge in [-0.05, 0) is 18.7 Å². The number of nitrogens with one attached hydrogen (secondary N) is 1. The Kier molecular flexibility index (Phi) is 9.15. The van der Waals surface area contributed by atoms with E-state index in [-0.39, 0.29) is 5.91 Å². The molecule has 1 rings (SSSR count). The van der Waals surface area contributed by atoms with Crippen LogP contribution in [0.5, 0.6) is 0 Å². The molecular formula is C11H20N4O. The van der Waals surface area contributed by atoms with E-state index in [4.69, 9.17) is 11.5 Å². The van der Waals surface area contributed by atoms with Crippen molar-refractivity contribution in [3.8, 4) is 0 Å². The smallest absolute Gasteiger partial charge is 0.216 e. The molecule has 16 heavy (non-hydrogen) atoms. The van der Waals surface area contributed by atoms with Crippen molar-refractivity contribution < 1.29 is 4.79 Å². The molecule has 5 nitrogen and oxygen atoms in total. The van der Waals surface area contributed by atoms with E-state index in [0.29, 0.717) is 19.6 Å². The molecule has 1 aromatic rings. The minimum Gasteiger partial charge on any atom is -0.355 e. The monoisotopic (exact) mass is 224 g/mol. The van der Waals surface area contributed by atoms with Gasteiger partial charge >= 0.3 is 0 Å². The topological polar surface area (TPSA) is 94.0 Å². The van der Waals surface area contributed by atoms with Crippen LogP contribution in [0.15, 0.2) is 24.4 Å². The molecule has 5 heteroatoms. The number of carbonyl (C=O) groups excluding carboxylic acids is 1. The van der Waals surface area contributed by atoms with Gasteiger partial charge in [0.1, 0.15) is 0 Å².